The largest absolute Gasteiger partial charge is 0.462 e. The van der Waals surface area contributed by atoms with E-state index in [1.165, 1.54) is 11.3 Å². The van der Waals surface area contributed by atoms with Gasteiger partial charge in [-0.2, -0.15) is 0 Å². The monoisotopic (exact) mass is 325 g/mol. The molecule has 0 radical (unpaired) electrons. The first-order chi connectivity index (χ1) is 10.6. The van der Waals surface area contributed by atoms with E-state index in [0.717, 1.165) is 18.2 Å². The third-order valence-corrected chi connectivity index (χ3v) is 3.61. The van der Waals surface area contributed by atoms with Crippen molar-refractivity contribution in [1.82, 2.24) is 5.32 Å². The van der Waals surface area contributed by atoms with Crippen LogP contribution >= 0.6 is 11.3 Å². The summed E-state index contributed by atoms with van der Waals surface area (Å²) in [6.07, 6.45) is 0.423. The van der Waals surface area contributed by atoms with Gasteiger partial charge in [0.25, 0.3) is 5.91 Å². The zero-order valence-corrected chi connectivity index (χ0v) is 12.3. The Hall–Kier alpha value is -2.28. The normalized spacial score (nSPS) is 10.3. The minimum atomic E-state index is -1.10. The van der Waals surface area contributed by atoms with Gasteiger partial charge < -0.3 is 10.1 Å². The van der Waals surface area contributed by atoms with E-state index in [1.807, 2.05) is 0 Å². The zero-order valence-electron chi connectivity index (χ0n) is 11.5. The average Bonchev–Trinajstić information content (AvgIpc) is 3.03. The molecule has 116 valence electrons. The number of hydrogen-bond acceptors (Lipinski definition) is 4. The summed E-state index contributed by atoms with van der Waals surface area (Å²) in [5.74, 6) is -3.03. The molecule has 1 aromatic carbocycles. The van der Waals surface area contributed by atoms with Gasteiger partial charge in [-0.15, -0.1) is 11.3 Å². The highest BCUT2D eigenvalue weighted by Crippen LogP contribution is 2.10. The number of halogens is 2. The molecule has 2 aromatic rings. The maximum absolute atomic E-state index is 13.0. The van der Waals surface area contributed by atoms with Crippen molar-refractivity contribution in [3.63, 3.8) is 0 Å². The molecule has 4 nitrogen and oxygen atoms in total. The van der Waals surface area contributed by atoms with Crippen molar-refractivity contribution >= 4 is 23.2 Å². The molecule has 0 atom stereocenters. The van der Waals surface area contributed by atoms with Crippen LogP contribution in [-0.4, -0.2) is 25.0 Å². The third kappa shape index (κ3) is 4.36. The molecule has 0 saturated carbocycles. The van der Waals surface area contributed by atoms with Crippen LogP contribution in [0.1, 0.15) is 26.5 Å². The lowest BCUT2D eigenvalue weighted by molar-refractivity contribution is 0.0500. The highest BCUT2D eigenvalue weighted by molar-refractivity contribution is 7.12. The Kier molecular flexibility index (Phi) is 5.60. The zero-order chi connectivity index (χ0) is 15.9. The van der Waals surface area contributed by atoms with Crippen molar-refractivity contribution in [3.8, 4) is 0 Å². The predicted molar refractivity (Wildman–Crippen MR) is 77.9 cm³/mol. The molecule has 7 heteroatoms. The fraction of sp³-hybridized carbons (Fsp3) is 0.200. The van der Waals surface area contributed by atoms with E-state index in [-0.39, 0.29) is 18.1 Å². The van der Waals surface area contributed by atoms with E-state index in [1.54, 1.807) is 17.5 Å². The third-order valence-electron chi connectivity index (χ3n) is 2.74. The Balaban J connectivity index is 1.69. The van der Waals surface area contributed by atoms with Gasteiger partial charge in [-0.3, -0.25) is 4.79 Å². The van der Waals surface area contributed by atoms with Gasteiger partial charge in [0.05, 0.1) is 17.0 Å². The van der Waals surface area contributed by atoms with E-state index in [9.17, 15) is 18.4 Å². The topological polar surface area (TPSA) is 55.4 Å². The van der Waals surface area contributed by atoms with Gasteiger partial charge in [0.1, 0.15) is 0 Å². The summed E-state index contributed by atoms with van der Waals surface area (Å²) >= 11 is 1.34. The van der Waals surface area contributed by atoms with Gasteiger partial charge in [0.2, 0.25) is 0 Å². The summed E-state index contributed by atoms with van der Waals surface area (Å²) in [7, 11) is 0. The number of nitrogens with one attached hydrogen (secondary N) is 1. The average molecular weight is 325 g/mol. The lowest BCUT2D eigenvalue weighted by atomic mass is 10.2. The molecule has 2 rings (SSSR count). The second-order valence-electron chi connectivity index (χ2n) is 4.35. The van der Waals surface area contributed by atoms with Crippen molar-refractivity contribution in [3.05, 3.63) is 57.8 Å². The van der Waals surface area contributed by atoms with Crippen molar-refractivity contribution in [2.45, 2.75) is 6.42 Å². The van der Waals surface area contributed by atoms with Crippen molar-refractivity contribution < 1.29 is 23.1 Å². The second-order valence-corrected chi connectivity index (χ2v) is 5.30. The van der Waals surface area contributed by atoms with E-state index < -0.39 is 17.6 Å². The standard InChI is InChI=1S/C15H13F2NO3S/c16-11-5-4-10(9-12(11)17)15(20)21-7-2-6-18-14(19)13-3-1-8-22-13/h1,3-5,8-9H,2,6-7H2,(H,18,19). The first-order valence-electron chi connectivity index (χ1n) is 6.52. The van der Waals surface area contributed by atoms with Crippen LogP contribution in [0.5, 0.6) is 0 Å². The summed E-state index contributed by atoms with van der Waals surface area (Å²) < 4.78 is 30.6. The van der Waals surface area contributed by atoms with Crippen LogP contribution in [0, 0.1) is 11.6 Å². The van der Waals surface area contributed by atoms with E-state index >= 15 is 0 Å². The lowest BCUT2D eigenvalue weighted by Gasteiger charge is -2.06. The Labute approximate surface area is 129 Å². The summed E-state index contributed by atoms with van der Waals surface area (Å²) in [6, 6.07) is 6.30. The van der Waals surface area contributed by atoms with E-state index in [2.05, 4.69) is 5.32 Å². The van der Waals surface area contributed by atoms with Crippen molar-refractivity contribution in [2.24, 2.45) is 0 Å². The van der Waals surface area contributed by atoms with Crippen LogP contribution in [0.3, 0.4) is 0 Å². The number of rotatable bonds is 6. The van der Waals surface area contributed by atoms with E-state index in [4.69, 9.17) is 4.74 Å². The summed E-state index contributed by atoms with van der Waals surface area (Å²) in [4.78, 5) is 23.8. The summed E-state index contributed by atoms with van der Waals surface area (Å²) in [6.45, 7) is 0.421. The number of hydrogen-bond donors (Lipinski definition) is 1. The highest BCUT2D eigenvalue weighted by atomic mass is 32.1. The number of carbonyl (C=O) groups is 2. The quantitative estimate of drug-likeness (QED) is 0.656. The van der Waals surface area contributed by atoms with Crippen LogP contribution in [0.15, 0.2) is 35.7 Å². The van der Waals surface area contributed by atoms with Crippen LogP contribution in [0.2, 0.25) is 0 Å². The number of ether oxygens (including phenoxy) is 1. The molecule has 0 bridgehead atoms. The smallest absolute Gasteiger partial charge is 0.338 e. The highest BCUT2D eigenvalue weighted by Gasteiger charge is 2.11. The predicted octanol–water partition coefficient (Wildman–Crippen LogP) is 3.00. The Morgan fingerprint density at radius 1 is 1.18 bits per heavy atom. The molecule has 1 heterocycles. The van der Waals surface area contributed by atoms with Crippen LogP contribution in [0.4, 0.5) is 8.78 Å². The van der Waals surface area contributed by atoms with Gasteiger partial charge in [0.15, 0.2) is 11.6 Å². The molecular formula is C15H13F2NO3S. The Bertz CT molecular complexity index is 659. The molecule has 0 aliphatic heterocycles. The molecule has 0 aliphatic rings. The SMILES string of the molecule is O=C(OCCCNC(=O)c1cccs1)c1ccc(F)c(F)c1. The molecule has 0 fully saturated rings. The molecule has 0 aliphatic carbocycles. The van der Waals surface area contributed by atoms with Gasteiger partial charge in [-0.1, -0.05) is 6.07 Å². The summed E-state index contributed by atoms with van der Waals surface area (Å²) in [5, 5.41) is 4.49. The second kappa shape index (κ2) is 7.65. The lowest BCUT2D eigenvalue weighted by Crippen LogP contribution is -2.24. The van der Waals surface area contributed by atoms with Gasteiger partial charge in [0, 0.05) is 6.54 Å². The molecule has 0 unspecified atom stereocenters. The molecule has 22 heavy (non-hydrogen) atoms. The number of thiophene rings is 1. The van der Waals surface area contributed by atoms with Crippen LogP contribution < -0.4 is 5.32 Å². The van der Waals surface area contributed by atoms with Crippen LogP contribution in [-0.2, 0) is 4.74 Å². The minimum Gasteiger partial charge on any atom is -0.462 e. The fourth-order valence-corrected chi connectivity index (χ4v) is 2.28. The molecule has 0 saturated heterocycles. The maximum Gasteiger partial charge on any atom is 0.338 e. The number of benzene rings is 1. The van der Waals surface area contributed by atoms with Crippen molar-refractivity contribution in [1.29, 1.82) is 0 Å². The molecule has 0 spiro atoms. The minimum absolute atomic E-state index is 0.0541. The molecule has 1 amide bonds. The maximum atomic E-state index is 13.0. The molecule has 1 N–H and O–H groups in total. The number of esters is 1. The fourth-order valence-electron chi connectivity index (χ4n) is 1.64. The first kappa shape index (κ1) is 16.1. The van der Waals surface area contributed by atoms with Gasteiger partial charge in [-0.05, 0) is 36.1 Å². The van der Waals surface area contributed by atoms with Crippen LogP contribution in [0.25, 0.3) is 0 Å². The van der Waals surface area contributed by atoms with Gasteiger partial charge >= 0.3 is 5.97 Å². The molecule has 1 aromatic heterocycles. The summed E-state index contributed by atoms with van der Waals surface area (Å²) in [5.41, 5.74) is -0.0541. The molecular weight excluding hydrogens is 312 g/mol. The Morgan fingerprint density at radius 3 is 2.68 bits per heavy atom. The number of carbonyl (C=O) groups excluding carboxylic acids is 2. The number of amides is 1. The Morgan fingerprint density at radius 2 is 2.00 bits per heavy atom. The first-order valence-corrected chi connectivity index (χ1v) is 7.40. The van der Waals surface area contributed by atoms with Crippen molar-refractivity contribution in [2.75, 3.05) is 13.2 Å². The van der Waals surface area contributed by atoms with Gasteiger partial charge in [-0.25, -0.2) is 13.6 Å². The van der Waals surface area contributed by atoms with E-state index in [0.29, 0.717) is 17.8 Å².